The first-order valence-corrected chi connectivity index (χ1v) is 20.2. The van der Waals surface area contributed by atoms with E-state index in [9.17, 15) is 20.4 Å². The molecule has 4 atom stereocenters. The second-order valence-electron chi connectivity index (χ2n) is 17.3. The number of benzene rings is 4. The van der Waals surface area contributed by atoms with Gasteiger partial charge in [-0.15, -0.1) is 0 Å². The van der Waals surface area contributed by atoms with Crippen molar-refractivity contribution in [3.05, 3.63) is 93.0 Å². The Labute approximate surface area is 334 Å². The van der Waals surface area contributed by atoms with Crippen molar-refractivity contribution in [2.45, 2.75) is 105 Å². The van der Waals surface area contributed by atoms with Gasteiger partial charge in [0.05, 0.1) is 28.4 Å². The third-order valence-electron chi connectivity index (χ3n) is 11.3. The smallest absolute Gasteiger partial charge is 0.126 e. The molecule has 0 amide bonds. The van der Waals surface area contributed by atoms with Crippen molar-refractivity contribution in [3.8, 4) is 46.0 Å². The molecule has 8 bridgehead atoms. The Kier molecular flexibility index (Phi) is 13.3. The van der Waals surface area contributed by atoms with Gasteiger partial charge in [0.15, 0.2) is 0 Å². The molecule has 0 aliphatic heterocycles. The largest absolute Gasteiger partial charge is 0.508 e. The Morgan fingerprint density at radius 1 is 0.339 bits per heavy atom. The summed E-state index contributed by atoms with van der Waals surface area (Å²) >= 11 is 0. The zero-order chi connectivity index (χ0) is 41.2. The van der Waals surface area contributed by atoms with E-state index in [1.54, 1.807) is 52.7 Å². The van der Waals surface area contributed by atoms with E-state index in [0.717, 1.165) is 22.3 Å². The molecule has 56 heavy (non-hydrogen) atoms. The van der Waals surface area contributed by atoms with Gasteiger partial charge in [-0.05, 0) is 73.6 Å². The van der Waals surface area contributed by atoms with E-state index >= 15 is 0 Å². The van der Waals surface area contributed by atoms with E-state index in [1.165, 1.54) is 0 Å². The number of phenolic OH excluding ortho intramolecular Hbond substituents is 4. The normalized spacial score (nSPS) is 18.1. The maximum Gasteiger partial charge on any atom is 0.126 e. The van der Waals surface area contributed by atoms with Crippen LogP contribution in [0.1, 0.15) is 149 Å². The van der Waals surface area contributed by atoms with Gasteiger partial charge in [-0.2, -0.15) is 0 Å². The van der Waals surface area contributed by atoms with Crippen molar-refractivity contribution in [2.75, 3.05) is 28.4 Å². The average Bonchev–Trinajstić information content (AvgIpc) is 3.13. The predicted molar refractivity (Wildman–Crippen MR) is 224 cm³/mol. The Morgan fingerprint density at radius 3 is 0.661 bits per heavy atom. The van der Waals surface area contributed by atoms with E-state index in [-0.39, 0.29) is 70.3 Å². The molecule has 8 heteroatoms. The van der Waals surface area contributed by atoms with Crippen molar-refractivity contribution in [3.63, 3.8) is 0 Å². The molecule has 0 aromatic heterocycles. The monoisotopic (exact) mass is 768 g/mol. The number of rotatable bonds is 12. The zero-order valence-electron chi connectivity index (χ0n) is 35.5. The fourth-order valence-electron chi connectivity index (χ4n) is 8.90. The SMILES string of the molecule is COc1cc(O)c2cc1[C@@H](CC(C)C)c1cc(c(OC)cc1O)[C@@H](CC(C)C)c1cc(c(OC)cc1O)[C@@H](CC(C)C)c1cc(c(OC)cc1O)[C@H]2CC(C)C. The van der Waals surface area contributed by atoms with Gasteiger partial charge in [-0.1, -0.05) is 55.4 Å². The molecule has 0 radical (unpaired) electrons. The second kappa shape index (κ2) is 17.6. The Balaban J connectivity index is 2.05. The first kappa shape index (κ1) is 42.4. The number of fused-ring (bicyclic) bond motifs is 8. The molecule has 0 saturated carbocycles. The van der Waals surface area contributed by atoms with Gasteiger partial charge >= 0.3 is 0 Å². The van der Waals surface area contributed by atoms with Crippen LogP contribution in [0.25, 0.3) is 0 Å². The fourth-order valence-corrected chi connectivity index (χ4v) is 8.90. The lowest BCUT2D eigenvalue weighted by Crippen LogP contribution is -2.15. The summed E-state index contributed by atoms with van der Waals surface area (Å²) in [5.41, 5.74) is 6.20. The lowest BCUT2D eigenvalue weighted by atomic mass is 9.75. The van der Waals surface area contributed by atoms with Crippen LogP contribution >= 0.6 is 0 Å². The van der Waals surface area contributed by atoms with E-state index in [1.807, 2.05) is 24.3 Å². The van der Waals surface area contributed by atoms with E-state index in [4.69, 9.17) is 18.9 Å². The van der Waals surface area contributed by atoms with Crippen LogP contribution in [0.3, 0.4) is 0 Å². The van der Waals surface area contributed by atoms with Gasteiger partial charge in [0.1, 0.15) is 46.0 Å². The molecule has 0 spiro atoms. The number of hydrogen-bond acceptors (Lipinski definition) is 8. The average molecular weight is 769 g/mol. The molecule has 4 N–H and O–H groups in total. The molecular formula is C48H64O8. The first-order valence-electron chi connectivity index (χ1n) is 20.2. The highest BCUT2D eigenvalue weighted by atomic mass is 16.5. The molecular weight excluding hydrogens is 705 g/mol. The standard InChI is InChI=1S/C48H64O8/c1-25(2)13-29-33-17-38(46(54-10)21-41(33)49)31(15-27(5)6)35-19-40(48(56-12)23-43(35)51)32(16-28(7)8)36-20-39(47(55-11)24-44(36)52)30(14-26(3)4)34-18-37(29)45(53-9)22-42(34)50/h17-32,49-52H,13-16H2,1-12H3/t29-,30-,31-,32-/m0/s1. The Morgan fingerprint density at radius 2 is 0.518 bits per heavy atom. The lowest BCUT2D eigenvalue weighted by molar-refractivity contribution is 0.382. The molecule has 0 saturated heterocycles. The lowest BCUT2D eigenvalue weighted by Gasteiger charge is -2.31. The minimum absolute atomic E-state index is 0.0950. The molecule has 1 aliphatic rings. The van der Waals surface area contributed by atoms with Crippen molar-refractivity contribution < 1.29 is 39.4 Å². The number of hydrogen-bond donors (Lipinski definition) is 4. The van der Waals surface area contributed by atoms with Crippen molar-refractivity contribution in [1.29, 1.82) is 0 Å². The first-order chi connectivity index (χ1) is 26.5. The topological polar surface area (TPSA) is 118 Å². The summed E-state index contributed by atoms with van der Waals surface area (Å²) in [7, 11) is 6.42. The van der Waals surface area contributed by atoms with Crippen LogP contribution in [0, 0.1) is 23.7 Å². The summed E-state index contributed by atoms with van der Waals surface area (Å²) in [5.74, 6) is 1.99. The molecule has 4 aromatic rings. The molecule has 0 fully saturated rings. The molecule has 1 aliphatic carbocycles. The highest BCUT2D eigenvalue weighted by Gasteiger charge is 2.34. The summed E-state index contributed by atoms with van der Waals surface area (Å²) in [6, 6.07) is 15.0. The molecule has 5 rings (SSSR count). The van der Waals surface area contributed by atoms with Crippen LogP contribution in [-0.4, -0.2) is 48.9 Å². The molecule has 8 nitrogen and oxygen atoms in total. The summed E-state index contributed by atoms with van der Waals surface area (Å²) in [6.45, 7) is 17.3. The van der Waals surface area contributed by atoms with Gasteiger partial charge in [0, 0.05) is 92.4 Å². The van der Waals surface area contributed by atoms with Crippen LogP contribution < -0.4 is 18.9 Å². The van der Waals surface area contributed by atoms with Crippen LogP contribution in [0.4, 0.5) is 0 Å². The maximum atomic E-state index is 11.9. The molecule has 0 heterocycles. The third-order valence-corrected chi connectivity index (χ3v) is 11.3. The highest BCUT2D eigenvalue weighted by Crippen LogP contribution is 2.53. The van der Waals surface area contributed by atoms with Gasteiger partial charge in [0.2, 0.25) is 0 Å². The summed E-state index contributed by atoms with van der Waals surface area (Å²) in [6.07, 6.45) is 2.69. The van der Waals surface area contributed by atoms with Gasteiger partial charge in [-0.3, -0.25) is 0 Å². The van der Waals surface area contributed by atoms with Crippen LogP contribution in [0.2, 0.25) is 0 Å². The number of methoxy groups -OCH3 is 4. The van der Waals surface area contributed by atoms with E-state index < -0.39 is 0 Å². The van der Waals surface area contributed by atoms with E-state index in [2.05, 4.69) is 55.4 Å². The number of phenols is 4. The highest BCUT2D eigenvalue weighted by molar-refractivity contribution is 5.62. The van der Waals surface area contributed by atoms with Crippen LogP contribution in [0.15, 0.2) is 48.5 Å². The fraction of sp³-hybridized carbons (Fsp3) is 0.500. The summed E-state index contributed by atoms with van der Waals surface area (Å²) < 4.78 is 24.1. The quantitative estimate of drug-likeness (QED) is 0.113. The van der Waals surface area contributed by atoms with Crippen LogP contribution in [-0.2, 0) is 0 Å². The molecule has 0 unspecified atom stereocenters. The third kappa shape index (κ3) is 8.64. The Hall–Kier alpha value is -4.72. The minimum atomic E-state index is -0.339. The van der Waals surface area contributed by atoms with E-state index in [0.29, 0.717) is 70.9 Å². The predicted octanol–water partition coefficient (Wildman–Crippen LogP) is 11.6. The Bertz CT molecular complexity index is 1710. The molecule has 4 aromatic carbocycles. The number of aromatic hydroxyl groups is 4. The summed E-state index contributed by atoms with van der Waals surface area (Å²) in [4.78, 5) is 0. The van der Waals surface area contributed by atoms with Crippen molar-refractivity contribution in [2.24, 2.45) is 23.7 Å². The minimum Gasteiger partial charge on any atom is -0.508 e. The molecule has 304 valence electrons. The van der Waals surface area contributed by atoms with Crippen molar-refractivity contribution >= 4 is 0 Å². The maximum absolute atomic E-state index is 11.9. The van der Waals surface area contributed by atoms with Crippen LogP contribution in [0.5, 0.6) is 46.0 Å². The van der Waals surface area contributed by atoms with Crippen molar-refractivity contribution in [1.82, 2.24) is 0 Å². The number of ether oxygens (including phenoxy) is 4. The zero-order valence-corrected chi connectivity index (χ0v) is 35.5. The van der Waals surface area contributed by atoms with Gasteiger partial charge in [-0.25, -0.2) is 0 Å². The summed E-state index contributed by atoms with van der Waals surface area (Å²) in [5, 5.41) is 47.7. The van der Waals surface area contributed by atoms with Gasteiger partial charge < -0.3 is 39.4 Å². The van der Waals surface area contributed by atoms with Gasteiger partial charge in [0.25, 0.3) is 0 Å². The second-order valence-corrected chi connectivity index (χ2v) is 17.3.